The van der Waals surface area contributed by atoms with E-state index < -0.39 is 0 Å². The Labute approximate surface area is 195 Å². The van der Waals surface area contributed by atoms with Gasteiger partial charge in [0.2, 0.25) is 0 Å². The molecule has 2 heterocycles. The fourth-order valence-corrected chi connectivity index (χ4v) is 4.46. The number of ether oxygens (including phenoxy) is 1. The van der Waals surface area contributed by atoms with Crippen LogP contribution in [0.2, 0.25) is 0 Å². The van der Waals surface area contributed by atoms with Crippen molar-refractivity contribution in [1.82, 2.24) is 20.2 Å². The molecular weight excluding hydrogens is 422 g/mol. The zero-order chi connectivity index (χ0) is 22.9. The summed E-state index contributed by atoms with van der Waals surface area (Å²) in [6.07, 6.45) is 1.08. The van der Waals surface area contributed by atoms with Crippen molar-refractivity contribution in [2.45, 2.75) is 38.1 Å². The van der Waals surface area contributed by atoms with Crippen LogP contribution >= 0.6 is 11.8 Å². The van der Waals surface area contributed by atoms with Gasteiger partial charge in [-0.25, -0.2) is 9.97 Å². The maximum atomic E-state index is 12.4. The number of benzene rings is 1. The normalized spacial score (nSPS) is 14.4. The molecule has 1 N–H and O–H groups in total. The van der Waals surface area contributed by atoms with Crippen molar-refractivity contribution in [1.29, 1.82) is 0 Å². The molecule has 32 heavy (non-hydrogen) atoms. The van der Waals surface area contributed by atoms with E-state index in [1.165, 1.54) is 0 Å². The van der Waals surface area contributed by atoms with Crippen LogP contribution in [-0.2, 0) is 10.5 Å². The Morgan fingerprint density at radius 3 is 2.59 bits per heavy atom. The molecule has 0 bridgehead atoms. The molecule has 3 rings (SSSR count). The van der Waals surface area contributed by atoms with E-state index in [2.05, 4.69) is 41.0 Å². The summed E-state index contributed by atoms with van der Waals surface area (Å²) < 4.78 is 5.35. The quantitative estimate of drug-likeness (QED) is 0.434. The highest BCUT2D eigenvalue weighted by Gasteiger charge is 2.13. The van der Waals surface area contributed by atoms with Crippen LogP contribution in [0.1, 0.15) is 40.5 Å². The number of carbonyl (C=O) groups excluding carboxylic acids is 1. The highest BCUT2D eigenvalue weighted by molar-refractivity contribution is 7.98. The number of amides is 1. The Morgan fingerprint density at radius 1 is 1.19 bits per heavy atom. The summed E-state index contributed by atoms with van der Waals surface area (Å²) in [4.78, 5) is 26.4. The number of aromatic nitrogens is 2. The summed E-state index contributed by atoms with van der Waals surface area (Å²) in [5, 5.41) is 3.80. The van der Waals surface area contributed by atoms with E-state index >= 15 is 0 Å². The molecule has 174 valence electrons. The van der Waals surface area contributed by atoms with Gasteiger partial charge in [0.1, 0.15) is 5.82 Å². The number of carbonyl (C=O) groups is 1. The molecule has 1 aromatic carbocycles. The standard InChI is InChI=1S/C24H35N5O2S/c1-5-11-28(4)22-18(2)19(3)26-24(27-22)32-17-20-6-8-21(9-7-20)23(30)25-10-12-29-13-15-31-16-14-29/h6-9H,5,10-17H2,1-4H3,(H,25,30). The van der Waals surface area contributed by atoms with Gasteiger partial charge in [-0.3, -0.25) is 9.69 Å². The first-order valence-electron chi connectivity index (χ1n) is 11.3. The Kier molecular flexibility index (Phi) is 9.32. The Hall–Kier alpha value is -2.16. The van der Waals surface area contributed by atoms with Crippen molar-refractivity contribution >= 4 is 23.5 Å². The number of hydrogen-bond acceptors (Lipinski definition) is 7. The number of aryl methyl sites for hydroxylation is 1. The predicted molar refractivity (Wildman–Crippen MR) is 131 cm³/mol. The molecule has 0 aliphatic carbocycles. The first-order valence-corrected chi connectivity index (χ1v) is 12.3. The van der Waals surface area contributed by atoms with Gasteiger partial charge in [-0.15, -0.1) is 0 Å². The topological polar surface area (TPSA) is 70.6 Å². The first kappa shape index (κ1) is 24.5. The van der Waals surface area contributed by atoms with E-state index in [0.29, 0.717) is 12.1 Å². The van der Waals surface area contributed by atoms with Crippen molar-refractivity contribution in [3.63, 3.8) is 0 Å². The van der Waals surface area contributed by atoms with Crippen molar-refractivity contribution in [2.75, 3.05) is 57.9 Å². The molecule has 0 spiro atoms. The number of hydrogen-bond donors (Lipinski definition) is 1. The maximum absolute atomic E-state index is 12.4. The molecule has 1 aliphatic heterocycles. The molecule has 7 nitrogen and oxygen atoms in total. The van der Waals surface area contributed by atoms with Gasteiger partial charge in [0.05, 0.1) is 13.2 Å². The highest BCUT2D eigenvalue weighted by Crippen LogP contribution is 2.25. The molecule has 0 radical (unpaired) electrons. The number of nitrogens with zero attached hydrogens (tertiary/aromatic N) is 4. The van der Waals surface area contributed by atoms with E-state index in [9.17, 15) is 4.79 Å². The third kappa shape index (κ3) is 6.92. The summed E-state index contributed by atoms with van der Waals surface area (Å²) >= 11 is 1.62. The zero-order valence-electron chi connectivity index (χ0n) is 19.7. The summed E-state index contributed by atoms with van der Waals surface area (Å²) in [6, 6.07) is 7.80. The smallest absolute Gasteiger partial charge is 0.251 e. The Morgan fingerprint density at radius 2 is 1.91 bits per heavy atom. The molecule has 1 aliphatic rings. The predicted octanol–water partition coefficient (Wildman–Crippen LogP) is 3.29. The molecule has 1 amide bonds. The average molecular weight is 458 g/mol. The molecule has 2 aromatic rings. The number of anilines is 1. The Bertz CT molecular complexity index is 885. The van der Waals surface area contributed by atoms with E-state index in [4.69, 9.17) is 9.72 Å². The van der Waals surface area contributed by atoms with E-state index in [0.717, 1.165) is 79.4 Å². The lowest BCUT2D eigenvalue weighted by molar-refractivity contribution is 0.0383. The third-order valence-corrected chi connectivity index (χ3v) is 6.58. The van der Waals surface area contributed by atoms with E-state index in [1.54, 1.807) is 11.8 Å². The van der Waals surface area contributed by atoms with Crippen LogP contribution in [0.15, 0.2) is 29.4 Å². The van der Waals surface area contributed by atoms with Gasteiger partial charge >= 0.3 is 0 Å². The second-order valence-corrected chi connectivity index (χ2v) is 9.10. The second-order valence-electron chi connectivity index (χ2n) is 8.16. The van der Waals surface area contributed by atoms with Gasteiger partial charge in [0, 0.05) is 62.3 Å². The molecule has 8 heteroatoms. The van der Waals surface area contributed by atoms with Crippen LogP contribution in [0.4, 0.5) is 5.82 Å². The minimum absolute atomic E-state index is 0.0291. The molecule has 1 saturated heterocycles. The average Bonchev–Trinajstić information content (AvgIpc) is 2.80. The lowest BCUT2D eigenvalue weighted by Gasteiger charge is -2.26. The van der Waals surface area contributed by atoms with Gasteiger partial charge in [-0.05, 0) is 38.0 Å². The molecule has 1 aromatic heterocycles. The van der Waals surface area contributed by atoms with Gasteiger partial charge in [0.25, 0.3) is 5.91 Å². The van der Waals surface area contributed by atoms with Crippen molar-refractivity contribution in [2.24, 2.45) is 0 Å². The SMILES string of the molecule is CCCN(C)c1nc(SCc2ccc(C(=O)NCCN3CCOCC3)cc2)nc(C)c1C. The minimum Gasteiger partial charge on any atom is -0.379 e. The van der Waals surface area contributed by atoms with Crippen molar-refractivity contribution in [3.05, 3.63) is 46.6 Å². The van der Waals surface area contributed by atoms with Gasteiger partial charge in [-0.2, -0.15) is 0 Å². The zero-order valence-corrected chi connectivity index (χ0v) is 20.5. The van der Waals surface area contributed by atoms with Crippen LogP contribution in [0, 0.1) is 13.8 Å². The summed E-state index contributed by atoms with van der Waals surface area (Å²) in [5.74, 6) is 1.74. The van der Waals surface area contributed by atoms with Crippen LogP contribution in [-0.4, -0.2) is 73.8 Å². The monoisotopic (exact) mass is 457 g/mol. The number of nitrogens with one attached hydrogen (secondary N) is 1. The Balaban J connectivity index is 1.51. The molecule has 0 unspecified atom stereocenters. The van der Waals surface area contributed by atoms with Crippen molar-refractivity contribution < 1.29 is 9.53 Å². The molecule has 1 fully saturated rings. The number of morpholine rings is 1. The first-order chi connectivity index (χ1) is 15.5. The fourth-order valence-electron chi connectivity index (χ4n) is 3.62. The third-order valence-electron chi connectivity index (χ3n) is 5.66. The second kappa shape index (κ2) is 12.2. The summed E-state index contributed by atoms with van der Waals surface area (Å²) in [7, 11) is 2.08. The van der Waals surface area contributed by atoms with E-state index in [1.807, 2.05) is 31.2 Å². The number of thioether (sulfide) groups is 1. The van der Waals surface area contributed by atoms with Crippen LogP contribution in [0.25, 0.3) is 0 Å². The van der Waals surface area contributed by atoms with Gasteiger partial charge in [-0.1, -0.05) is 30.8 Å². The van der Waals surface area contributed by atoms with Crippen LogP contribution in [0.5, 0.6) is 0 Å². The van der Waals surface area contributed by atoms with Gasteiger partial charge in [0.15, 0.2) is 5.16 Å². The molecular formula is C24H35N5O2S. The lowest BCUT2D eigenvalue weighted by atomic mass is 10.1. The number of rotatable bonds is 10. The largest absolute Gasteiger partial charge is 0.379 e. The van der Waals surface area contributed by atoms with Crippen molar-refractivity contribution in [3.8, 4) is 0 Å². The van der Waals surface area contributed by atoms with E-state index in [-0.39, 0.29) is 5.91 Å². The highest BCUT2D eigenvalue weighted by atomic mass is 32.2. The molecule has 0 saturated carbocycles. The lowest BCUT2D eigenvalue weighted by Crippen LogP contribution is -2.41. The van der Waals surface area contributed by atoms with Gasteiger partial charge < -0.3 is 15.0 Å². The maximum Gasteiger partial charge on any atom is 0.251 e. The van der Waals surface area contributed by atoms with Crippen LogP contribution < -0.4 is 10.2 Å². The fraction of sp³-hybridized carbons (Fsp3) is 0.542. The minimum atomic E-state index is -0.0291. The summed E-state index contributed by atoms with van der Waals surface area (Å²) in [5.41, 5.74) is 3.98. The molecule has 0 atom stereocenters. The van der Waals surface area contributed by atoms with Crippen LogP contribution in [0.3, 0.4) is 0 Å². The summed E-state index contributed by atoms with van der Waals surface area (Å²) in [6.45, 7) is 12.2.